The molecule has 24 heavy (non-hydrogen) atoms. The number of nitrogens with zero attached hydrogens (tertiary/aromatic N) is 2. The highest BCUT2D eigenvalue weighted by molar-refractivity contribution is 5.74. The summed E-state index contributed by atoms with van der Waals surface area (Å²) in [6.45, 7) is 4.48. The number of rotatable bonds is 5. The average molecular weight is 331 g/mol. The molecule has 0 atom stereocenters. The Hall–Kier alpha value is -2.34. The normalized spacial score (nSPS) is 15.5. The number of urea groups is 1. The van der Waals surface area contributed by atoms with Crippen LogP contribution in [0, 0.1) is 5.82 Å². The summed E-state index contributed by atoms with van der Waals surface area (Å²) in [4.78, 5) is 16.3. The van der Waals surface area contributed by atoms with Crippen molar-refractivity contribution in [2.45, 2.75) is 13.0 Å². The van der Waals surface area contributed by atoms with Crippen LogP contribution in [-0.4, -0.2) is 48.6 Å². The third-order valence-electron chi connectivity index (χ3n) is 4.28. The van der Waals surface area contributed by atoms with Crippen LogP contribution in [0.15, 0.2) is 47.1 Å². The molecule has 0 bridgehead atoms. The van der Waals surface area contributed by atoms with Gasteiger partial charge in [0.25, 0.3) is 0 Å². The van der Waals surface area contributed by atoms with Gasteiger partial charge >= 0.3 is 6.03 Å². The summed E-state index contributed by atoms with van der Waals surface area (Å²) in [5.74, 6) is 0.550. The number of halogens is 1. The van der Waals surface area contributed by atoms with Gasteiger partial charge in [-0.2, -0.15) is 0 Å². The molecule has 1 saturated heterocycles. The van der Waals surface area contributed by atoms with Gasteiger partial charge in [-0.1, -0.05) is 12.1 Å². The number of furan rings is 1. The first-order valence-electron chi connectivity index (χ1n) is 8.23. The van der Waals surface area contributed by atoms with Crippen molar-refractivity contribution in [3.8, 4) is 0 Å². The Bertz CT molecular complexity index is 635. The Labute approximate surface area is 141 Å². The lowest BCUT2D eigenvalue weighted by molar-refractivity contribution is 0.139. The van der Waals surface area contributed by atoms with Crippen molar-refractivity contribution < 1.29 is 13.6 Å². The molecule has 0 aliphatic carbocycles. The van der Waals surface area contributed by atoms with E-state index in [1.807, 2.05) is 23.1 Å². The lowest BCUT2D eigenvalue weighted by Gasteiger charge is -2.34. The fourth-order valence-corrected chi connectivity index (χ4v) is 2.80. The van der Waals surface area contributed by atoms with Crippen LogP contribution in [0.3, 0.4) is 0 Å². The van der Waals surface area contributed by atoms with E-state index in [2.05, 4.69) is 10.2 Å². The minimum Gasteiger partial charge on any atom is -0.467 e. The summed E-state index contributed by atoms with van der Waals surface area (Å²) in [5, 5.41) is 2.87. The van der Waals surface area contributed by atoms with E-state index in [9.17, 15) is 9.18 Å². The second-order valence-corrected chi connectivity index (χ2v) is 5.94. The molecule has 1 aromatic carbocycles. The number of amides is 2. The van der Waals surface area contributed by atoms with Crippen LogP contribution < -0.4 is 5.32 Å². The predicted molar refractivity (Wildman–Crippen MR) is 89.1 cm³/mol. The molecule has 1 aliphatic rings. The Kier molecular flexibility index (Phi) is 5.48. The monoisotopic (exact) mass is 331 g/mol. The summed E-state index contributed by atoms with van der Waals surface area (Å²) < 4.78 is 18.1. The molecule has 0 saturated carbocycles. The molecular formula is C18H22FN3O2. The van der Waals surface area contributed by atoms with Crippen molar-refractivity contribution in [1.29, 1.82) is 0 Å². The van der Waals surface area contributed by atoms with Gasteiger partial charge < -0.3 is 14.6 Å². The lowest BCUT2D eigenvalue weighted by Crippen LogP contribution is -2.51. The molecule has 128 valence electrons. The van der Waals surface area contributed by atoms with Crippen molar-refractivity contribution in [3.63, 3.8) is 0 Å². The zero-order chi connectivity index (χ0) is 16.8. The van der Waals surface area contributed by atoms with Crippen LogP contribution in [0.5, 0.6) is 0 Å². The van der Waals surface area contributed by atoms with Crippen LogP contribution >= 0.6 is 0 Å². The quantitative estimate of drug-likeness (QED) is 0.916. The average Bonchev–Trinajstić information content (AvgIpc) is 3.13. The second kappa shape index (κ2) is 7.97. The number of benzene rings is 1. The number of hydrogen-bond acceptors (Lipinski definition) is 3. The van der Waals surface area contributed by atoms with Crippen molar-refractivity contribution in [3.05, 3.63) is 59.8 Å². The first kappa shape index (κ1) is 16.5. The van der Waals surface area contributed by atoms with Gasteiger partial charge in [-0.05, 0) is 36.2 Å². The van der Waals surface area contributed by atoms with Crippen molar-refractivity contribution in [2.75, 3.05) is 32.7 Å². The molecule has 6 heteroatoms. The maximum atomic E-state index is 12.9. The maximum absolute atomic E-state index is 12.9. The van der Waals surface area contributed by atoms with Crippen molar-refractivity contribution in [1.82, 2.24) is 15.1 Å². The molecule has 1 fully saturated rings. The third-order valence-corrected chi connectivity index (χ3v) is 4.28. The summed E-state index contributed by atoms with van der Waals surface area (Å²) in [6.07, 6.45) is 2.49. The number of hydrogen-bond donors (Lipinski definition) is 1. The minimum absolute atomic E-state index is 0.0513. The first-order chi connectivity index (χ1) is 11.7. The van der Waals surface area contributed by atoms with Crippen molar-refractivity contribution >= 4 is 6.03 Å². The minimum atomic E-state index is -0.201. The van der Waals surface area contributed by atoms with Crippen molar-refractivity contribution in [2.24, 2.45) is 0 Å². The van der Waals surface area contributed by atoms with Crippen LogP contribution in [0.1, 0.15) is 11.3 Å². The number of piperazine rings is 1. The third kappa shape index (κ3) is 4.58. The standard InChI is InChI=1S/C18H22FN3O2/c19-16-5-3-15(4-6-16)7-8-21-9-11-22(12-10-21)18(23)20-14-17-2-1-13-24-17/h1-6,13H,7-12,14H2,(H,20,23). The number of nitrogens with one attached hydrogen (secondary N) is 1. The van der Waals surface area contributed by atoms with E-state index in [1.165, 1.54) is 12.1 Å². The summed E-state index contributed by atoms with van der Waals surface area (Å²) in [7, 11) is 0. The second-order valence-electron chi connectivity index (χ2n) is 5.94. The van der Waals surface area contributed by atoms with E-state index in [0.717, 1.165) is 37.4 Å². The maximum Gasteiger partial charge on any atom is 0.317 e. The Morgan fingerprint density at radius 1 is 1.12 bits per heavy atom. The molecule has 1 aliphatic heterocycles. The molecule has 2 amide bonds. The molecular weight excluding hydrogens is 309 g/mol. The van der Waals surface area contributed by atoms with Crippen LogP contribution in [0.4, 0.5) is 9.18 Å². The van der Waals surface area contributed by atoms with Gasteiger partial charge in [-0.25, -0.2) is 9.18 Å². The van der Waals surface area contributed by atoms with Crippen LogP contribution in [-0.2, 0) is 13.0 Å². The molecule has 0 radical (unpaired) electrons. The zero-order valence-electron chi connectivity index (χ0n) is 13.6. The molecule has 1 aromatic heterocycles. The molecule has 3 rings (SSSR count). The Morgan fingerprint density at radius 3 is 2.54 bits per heavy atom. The molecule has 2 aromatic rings. The highest BCUT2D eigenvalue weighted by Gasteiger charge is 2.20. The highest BCUT2D eigenvalue weighted by Crippen LogP contribution is 2.07. The molecule has 1 N–H and O–H groups in total. The Morgan fingerprint density at radius 2 is 1.88 bits per heavy atom. The summed E-state index contributed by atoms with van der Waals surface area (Å²) >= 11 is 0. The van der Waals surface area contributed by atoms with Gasteiger partial charge in [0.1, 0.15) is 11.6 Å². The van der Waals surface area contributed by atoms with E-state index >= 15 is 0 Å². The van der Waals surface area contributed by atoms with E-state index in [0.29, 0.717) is 19.6 Å². The zero-order valence-corrected chi connectivity index (χ0v) is 13.6. The number of carbonyl (C=O) groups excluding carboxylic acids is 1. The first-order valence-corrected chi connectivity index (χ1v) is 8.23. The molecule has 5 nitrogen and oxygen atoms in total. The van der Waals surface area contributed by atoms with E-state index in [1.54, 1.807) is 12.3 Å². The van der Waals surface area contributed by atoms with Gasteiger partial charge in [-0.15, -0.1) is 0 Å². The molecule has 0 spiro atoms. The van der Waals surface area contributed by atoms with E-state index < -0.39 is 0 Å². The van der Waals surface area contributed by atoms with Gasteiger partial charge in [0, 0.05) is 32.7 Å². The van der Waals surface area contributed by atoms with Gasteiger partial charge in [-0.3, -0.25) is 4.90 Å². The molecule has 0 unspecified atom stereocenters. The SMILES string of the molecule is O=C(NCc1ccco1)N1CCN(CCc2ccc(F)cc2)CC1. The van der Waals surface area contributed by atoms with Gasteiger partial charge in [0.2, 0.25) is 0 Å². The fraction of sp³-hybridized carbons (Fsp3) is 0.389. The summed E-state index contributed by atoms with van der Waals surface area (Å²) in [5.41, 5.74) is 1.13. The van der Waals surface area contributed by atoms with E-state index in [4.69, 9.17) is 4.42 Å². The predicted octanol–water partition coefficient (Wildman–Crippen LogP) is 2.49. The smallest absolute Gasteiger partial charge is 0.317 e. The van der Waals surface area contributed by atoms with Crippen LogP contribution in [0.25, 0.3) is 0 Å². The van der Waals surface area contributed by atoms with E-state index in [-0.39, 0.29) is 11.8 Å². The van der Waals surface area contributed by atoms with Gasteiger partial charge in [0.15, 0.2) is 0 Å². The Balaban J connectivity index is 1.37. The topological polar surface area (TPSA) is 48.7 Å². The van der Waals surface area contributed by atoms with Crippen LogP contribution in [0.2, 0.25) is 0 Å². The largest absolute Gasteiger partial charge is 0.467 e. The molecule has 2 heterocycles. The van der Waals surface area contributed by atoms with Gasteiger partial charge in [0.05, 0.1) is 12.8 Å². The summed E-state index contributed by atoms with van der Waals surface area (Å²) in [6, 6.07) is 10.2. The number of carbonyl (C=O) groups is 1. The fourth-order valence-electron chi connectivity index (χ4n) is 2.80. The highest BCUT2D eigenvalue weighted by atomic mass is 19.1. The lowest BCUT2D eigenvalue weighted by atomic mass is 10.1.